The summed E-state index contributed by atoms with van der Waals surface area (Å²) in [4.78, 5) is 14.1. The van der Waals surface area contributed by atoms with Gasteiger partial charge in [0.2, 0.25) is 0 Å². The molecule has 92 valence electrons. The lowest BCUT2D eigenvalue weighted by Gasteiger charge is -2.42. The highest BCUT2D eigenvalue weighted by atomic mass is 32.2. The molecule has 2 fully saturated rings. The van der Waals surface area contributed by atoms with Crippen molar-refractivity contribution in [1.82, 2.24) is 4.90 Å². The van der Waals surface area contributed by atoms with Gasteiger partial charge in [-0.05, 0) is 19.1 Å². The van der Waals surface area contributed by atoms with Crippen molar-refractivity contribution in [2.24, 2.45) is 5.92 Å². The molecule has 1 heterocycles. The third-order valence-electron chi connectivity index (χ3n) is 4.14. The fourth-order valence-corrected chi connectivity index (χ4v) is 4.14. The Morgan fingerprint density at radius 1 is 1.31 bits per heavy atom. The van der Waals surface area contributed by atoms with Crippen molar-refractivity contribution in [3.63, 3.8) is 0 Å². The van der Waals surface area contributed by atoms with E-state index >= 15 is 0 Å². The van der Waals surface area contributed by atoms with Crippen molar-refractivity contribution in [1.29, 1.82) is 0 Å². The van der Waals surface area contributed by atoms with Crippen LogP contribution in [-0.4, -0.2) is 41.3 Å². The maximum Gasteiger partial charge on any atom is 0.138 e. The number of thioether (sulfide) groups is 1. The molecule has 3 unspecified atom stereocenters. The zero-order chi connectivity index (χ0) is 11.5. The molecule has 0 bridgehead atoms. The van der Waals surface area contributed by atoms with Crippen molar-refractivity contribution in [2.75, 3.05) is 19.3 Å². The summed E-state index contributed by atoms with van der Waals surface area (Å²) in [7, 11) is 0. The second-order valence-corrected chi connectivity index (χ2v) is 6.32. The van der Waals surface area contributed by atoms with Crippen LogP contribution in [-0.2, 0) is 4.79 Å². The van der Waals surface area contributed by atoms with Gasteiger partial charge in [-0.15, -0.1) is 0 Å². The summed E-state index contributed by atoms with van der Waals surface area (Å²) in [6.45, 7) is 4.09. The van der Waals surface area contributed by atoms with Crippen LogP contribution in [0.4, 0.5) is 0 Å². The molecular formula is C13H23NOS. The number of nitrogens with zero attached hydrogens (tertiary/aromatic N) is 1. The quantitative estimate of drug-likeness (QED) is 0.741. The molecule has 1 saturated heterocycles. The van der Waals surface area contributed by atoms with Gasteiger partial charge in [0.25, 0.3) is 0 Å². The first-order valence-electron chi connectivity index (χ1n) is 6.52. The van der Waals surface area contributed by atoms with E-state index in [1.165, 1.54) is 25.7 Å². The predicted octanol–water partition coefficient (Wildman–Crippen LogP) is 2.57. The van der Waals surface area contributed by atoms with Crippen molar-refractivity contribution in [3.05, 3.63) is 0 Å². The summed E-state index contributed by atoms with van der Waals surface area (Å²) in [6, 6.07) is 0.735. The minimum Gasteiger partial charge on any atom is -0.299 e. The molecule has 0 radical (unpaired) electrons. The van der Waals surface area contributed by atoms with Gasteiger partial charge in [-0.25, -0.2) is 0 Å². The topological polar surface area (TPSA) is 20.3 Å². The molecule has 0 spiro atoms. The molecule has 1 aliphatic heterocycles. The van der Waals surface area contributed by atoms with Crippen LogP contribution < -0.4 is 0 Å². The average Bonchev–Trinajstić information content (AvgIpc) is 2.32. The third-order valence-corrected chi connectivity index (χ3v) is 5.30. The van der Waals surface area contributed by atoms with Gasteiger partial charge >= 0.3 is 0 Å². The predicted molar refractivity (Wildman–Crippen MR) is 69.9 cm³/mol. The number of ketones is 1. The van der Waals surface area contributed by atoms with Crippen LogP contribution in [0.5, 0.6) is 0 Å². The Bertz CT molecular complexity index is 256. The molecule has 0 N–H and O–H groups in total. The van der Waals surface area contributed by atoms with E-state index < -0.39 is 0 Å². The first-order chi connectivity index (χ1) is 7.72. The second-order valence-electron chi connectivity index (χ2n) is 5.24. The summed E-state index contributed by atoms with van der Waals surface area (Å²) in [5.74, 6) is 0.728. The highest BCUT2D eigenvalue weighted by molar-refractivity contribution is 7.99. The van der Waals surface area contributed by atoms with Crippen LogP contribution in [0.3, 0.4) is 0 Å². The molecule has 2 aliphatic rings. The van der Waals surface area contributed by atoms with Gasteiger partial charge in [-0.3, -0.25) is 9.69 Å². The largest absolute Gasteiger partial charge is 0.299 e. The second kappa shape index (κ2) is 5.54. The van der Waals surface area contributed by atoms with Gasteiger partial charge in [0, 0.05) is 36.7 Å². The summed E-state index contributed by atoms with van der Waals surface area (Å²) < 4.78 is 0. The highest BCUT2D eigenvalue weighted by Crippen LogP contribution is 2.32. The first-order valence-corrected chi connectivity index (χ1v) is 7.80. The number of hydrogen-bond donors (Lipinski definition) is 0. The van der Waals surface area contributed by atoms with Crippen LogP contribution in [0.25, 0.3) is 0 Å². The van der Waals surface area contributed by atoms with Gasteiger partial charge in [-0.2, -0.15) is 11.8 Å². The molecule has 0 aromatic heterocycles. The van der Waals surface area contributed by atoms with Crippen LogP contribution in [0, 0.1) is 5.92 Å². The van der Waals surface area contributed by atoms with E-state index in [9.17, 15) is 4.79 Å². The summed E-state index contributed by atoms with van der Waals surface area (Å²) in [5, 5.41) is 0.800. The number of likely N-dealkylation sites (tertiary alicyclic amines) is 1. The molecule has 2 rings (SSSR count). The van der Waals surface area contributed by atoms with Gasteiger partial charge in [0.1, 0.15) is 5.78 Å². The normalized spacial score (nSPS) is 37.6. The standard InChI is InChI=1S/C13H23NOS/c1-10-9-14(8-7-12(10)15)11-5-3-4-6-13(11)16-2/h10-11,13H,3-9H2,1-2H3. The zero-order valence-electron chi connectivity index (χ0n) is 10.4. The Kier molecular flexibility index (Phi) is 4.31. The van der Waals surface area contributed by atoms with Gasteiger partial charge in [0.05, 0.1) is 0 Å². The number of carbonyl (C=O) groups excluding carboxylic acids is 1. The number of piperidine rings is 1. The molecular weight excluding hydrogens is 218 g/mol. The Morgan fingerprint density at radius 3 is 2.75 bits per heavy atom. The smallest absolute Gasteiger partial charge is 0.138 e. The van der Waals surface area contributed by atoms with Gasteiger partial charge in [-0.1, -0.05) is 19.8 Å². The fraction of sp³-hybridized carbons (Fsp3) is 0.923. The lowest BCUT2D eigenvalue weighted by atomic mass is 9.90. The van der Waals surface area contributed by atoms with E-state index in [4.69, 9.17) is 0 Å². The van der Waals surface area contributed by atoms with Crippen molar-refractivity contribution >= 4 is 17.5 Å². The maximum absolute atomic E-state index is 11.5. The third kappa shape index (κ3) is 2.62. The molecule has 0 aromatic rings. The maximum atomic E-state index is 11.5. The molecule has 3 atom stereocenters. The molecule has 1 saturated carbocycles. The summed E-state index contributed by atoms with van der Waals surface area (Å²) in [6.07, 6.45) is 8.49. The van der Waals surface area contributed by atoms with Crippen LogP contribution in [0.1, 0.15) is 39.0 Å². The lowest BCUT2D eigenvalue weighted by molar-refractivity contribution is -0.126. The van der Waals surface area contributed by atoms with Crippen LogP contribution >= 0.6 is 11.8 Å². The van der Waals surface area contributed by atoms with E-state index in [1.807, 2.05) is 11.8 Å². The number of hydrogen-bond acceptors (Lipinski definition) is 3. The van der Waals surface area contributed by atoms with E-state index in [0.717, 1.165) is 30.8 Å². The minimum absolute atomic E-state index is 0.262. The number of rotatable bonds is 2. The van der Waals surface area contributed by atoms with Crippen molar-refractivity contribution in [2.45, 2.75) is 50.3 Å². The molecule has 3 heteroatoms. The summed E-state index contributed by atoms with van der Waals surface area (Å²) in [5.41, 5.74) is 0. The van der Waals surface area contributed by atoms with Gasteiger partial charge < -0.3 is 0 Å². The average molecular weight is 241 g/mol. The van der Waals surface area contributed by atoms with Crippen LogP contribution in [0.15, 0.2) is 0 Å². The number of Topliss-reactive ketones (excluding diaryl/α,β-unsaturated/α-hetero) is 1. The van der Waals surface area contributed by atoms with E-state index in [-0.39, 0.29) is 5.92 Å². The summed E-state index contributed by atoms with van der Waals surface area (Å²) >= 11 is 2.02. The Balaban J connectivity index is 1.97. The van der Waals surface area contributed by atoms with E-state index in [0.29, 0.717) is 5.78 Å². The zero-order valence-corrected chi connectivity index (χ0v) is 11.3. The van der Waals surface area contributed by atoms with E-state index in [1.54, 1.807) is 0 Å². The monoisotopic (exact) mass is 241 g/mol. The van der Waals surface area contributed by atoms with Gasteiger partial charge in [0.15, 0.2) is 0 Å². The number of carbonyl (C=O) groups is 1. The van der Waals surface area contributed by atoms with E-state index in [2.05, 4.69) is 18.1 Å². The Morgan fingerprint density at radius 2 is 2.06 bits per heavy atom. The SMILES string of the molecule is CSC1CCCCC1N1CCC(=O)C(C)C1. The minimum atomic E-state index is 0.262. The lowest BCUT2D eigenvalue weighted by Crippen LogP contribution is -2.50. The van der Waals surface area contributed by atoms with Crippen molar-refractivity contribution in [3.8, 4) is 0 Å². The fourth-order valence-electron chi connectivity index (χ4n) is 3.12. The first kappa shape index (κ1) is 12.4. The van der Waals surface area contributed by atoms with Crippen molar-refractivity contribution < 1.29 is 4.79 Å². The Hall–Kier alpha value is -0.0200. The van der Waals surface area contributed by atoms with Crippen LogP contribution in [0.2, 0.25) is 0 Å². The molecule has 0 aromatic carbocycles. The molecule has 16 heavy (non-hydrogen) atoms. The highest BCUT2D eigenvalue weighted by Gasteiger charge is 2.33. The molecule has 0 amide bonds. The molecule has 2 nitrogen and oxygen atoms in total. The Labute approximate surface area is 103 Å². The molecule has 1 aliphatic carbocycles.